The summed E-state index contributed by atoms with van der Waals surface area (Å²) in [5.41, 5.74) is 4.29. The zero-order chi connectivity index (χ0) is 24.2. The van der Waals surface area contributed by atoms with Crippen molar-refractivity contribution in [2.24, 2.45) is 11.3 Å². The Morgan fingerprint density at radius 1 is 1.00 bits per heavy atom. The number of aliphatic carboxylic acids is 1. The van der Waals surface area contributed by atoms with Crippen LogP contribution in [0.25, 0.3) is 11.1 Å². The molecule has 0 radical (unpaired) electrons. The van der Waals surface area contributed by atoms with E-state index in [1.807, 2.05) is 57.2 Å². The molecule has 2 aromatic rings. The number of ether oxygens (including phenoxy) is 1. The standard InChI is InChI=1S/C26H32N2O5/c1-16(23(29)28-22(24(30)31)13-26(2,3)4)14-27-25(32)33-15-21-19-11-7-5-9-17(19)18-10-6-8-12-20(18)21/h5-12,16,21-22H,13-15H2,1-4H3,(H,27,32)(H,28,29)(H,30,31). The number of fused-ring (bicyclic) bond motifs is 3. The highest BCUT2D eigenvalue weighted by Gasteiger charge is 2.30. The molecule has 0 aromatic heterocycles. The maximum atomic E-state index is 12.4. The van der Waals surface area contributed by atoms with E-state index >= 15 is 0 Å². The van der Waals surface area contributed by atoms with Gasteiger partial charge in [0.2, 0.25) is 5.91 Å². The molecule has 0 saturated carbocycles. The van der Waals surface area contributed by atoms with Crippen LogP contribution in [0.2, 0.25) is 0 Å². The van der Waals surface area contributed by atoms with E-state index in [0.717, 1.165) is 22.3 Å². The summed E-state index contributed by atoms with van der Waals surface area (Å²) >= 11 is 0. The number of carbonyl (C=O) groups excluding carboxylic acids is 2. The molecule has 0 saturated heterocycles. The van der Waals surface area contributed by atoms with Gasteiger partial charge in [0.05, 0.1) is 5.92 Å². The molecule has 0 aliphatic heterocycles. The minimum atomic E-state index is -1.07. The fourth-order valence-corrected chi connectivity index (χ4v) is 4.10. The van der Waals surface area contributed by atoms with Crippen molar-refractivity contribution in [3.05, 3.63) is 59.7 Å². The monoisotopic (exact) mass is 452 g/mol. The minimum absolute atomic E-state index is 0.0439. The predicted octanol–water partition coefficient (Wildman–Crippen LogP) is 4.17. The average molecular weight is 453 g/mol. The number of rotatable bonds is 8. The van der Waals surface area contributed by atoms with Crippen LogP contribution in [0, 0.1) is 11.3 Å². The van der Waals surface area contributed by atoms with Gasteiger partial charge in [-0.1, -0.05) is 76.2 Å². The van der Waals surface area contributed by atoms with Gasteiger partial charge in [-0.05, 0) is 34.1 Å². The van der Waals surface area contributed by atoms with Gasteiger partial charge in [0.15, 0.2) is 0 Å². The molecule has 3 N–H and O–H groups in total. The molecule has 33 heavy (non-hydrogen) atoms. The summed E-state index contributed by atoms with van der Waals surface area (Å²) in [6.45, 7) is 7.61. The van der Waals surface area contributed by atoms with Crippen LogP contribution in [0.3, 0.4) is 0 Å². The summed E-state index contributed by atoms with van der Waals surface area (Å²) in [6.07, 6.45) is -0.304. The number of carboxylic acid groups (broad SMARTS) is 1. The van der Waals surface area contributed by atoms with Crippen molar-refractivity contribution in [1.82, 2.24) is 10.6 Å². The molecule has 7 heteroatoms. The van der Waals surface area contributed by atoms with Crippen molar-refractivity contribution < 1.29 is 24.2 Å². The van der Waals surface area contributed by atoms with Crippen LogP contribution in [-0.4, -0.2) is 42.3 Å². The van der Waals surface area contributed by atoms with Gasteiger partial charge in [-0.2, -0.15) is 0 Å². The topological polar surface area (TPSA) is 105 Å². The Bertz CT molecular complexity index is 982. The molecule has 7 nitrogen and oxygen atoms in total. The predicted molar refractivity (Wildman–Crippen MR) is 126 cm³/mol. The van der Waals surface area contributed by atoms with E-state index in [1.165, 1.54) is 0 Å². The lowest BCUT2D eigenvalue weighted by Gasteiger charge is -2.25. The van der Waals surface area contributed by atoms with Crippen molar-refractivity contribution in [3.63, 3.8) is 0 Å². The van der Waals surface area contributed by atoms with Crippen molar-refractivity contribution in [2.45, 2.75) is 46.1 Å². The van der Waals surface area contributed by atoms with Crippen molar-refractivity contribution in [3.8, 4) is 11.1 Å². The Kier molecular flexibility index (Phi) is 7.41. The summed E-state index contributed by atoms with van der Waals surface area (Å²) in [7, 11) is 0. The highest BCUT2D eigenvalue weighted by Crippen LogP contribution is 2.44. The molecular weight excluding hydrogens is 420 g/mol. The number of benzene rings is 2. The molecule has 0 heterocycles. The number of hydrogen-bond donors (Lipinski definition) is 3. The second kappa shape index (κ2) is 10.1. The maximum Gasteiger partial charge on any atom is 0.407 e. The first-order valence-corrected chi connectivity index (χ1v) is 11.2. The Morgan fingerprint density at radius 2 is 1.55 bits per heavy atom. The van der Waals surface area contributed by atoms with Gasteiger partial charge in [-0.25, -0.2) is 9.59 Å². The molecule has 2 amide bonds. The van der Waals surface area contributed by atoms with Crippen molar-refractivity contribution in [2.75, 3.05) is 13.2 Å². The SMILES string of the molecule is CC(CNC(=O)OCC1c2ccccc2-c2ccccc21)C(=O)NC(CC(C)(C)C)C(=O)O. The van der Waals surface area contributed by atoms with Crippen LogP contribution in [-0.2, 0) is 14.3 Å². The maximum absolute atomic E-state index is 12.4. The normalized spacial score (nSPS) is 14.5. The molecule has 1 aliphatic carbocycles. The molecule has 2 aromatic carbocycles. The lowest BCUT2D eigenvalue weighted by molar-refractivity contribution is -0.143. The highest BCUT2D eigenvalue weighted by molar-refractivity contribution is 5.85. The van der Waals surface area contributed by atoms with E-state index in [0.29, 0.717) is 6.42 Å². The van der Waals surface area contributed by atoms with Crippen molar-refractivity contribution in [1.29, 1.82) is 0 Å². The van der Waals surface area contributed by atoms with E-state index in [9.17, 15) is 19.5 Å². The lowest BCUT2D eigenvalue weighted by Crippen LogP contribution is -2.47. The van der Waals surface area contributed by atoms with Gasteiger partial charge in [-0.3, -0.25) is 4.79 Å². The molecule has 1 aliphatic rings. The average Bonchev–Trinajstić information content (AvgIpc) is 3.08. The third-order valence-electron chi connectivity index (χ3n) is 5.77. The highest BCUT2D eigenvalue weighted by atomic mass is 16.5. The number of alkyl carbamates (subject to hydrolysis) is 1. The van der Waals surface area contributed by atoms with Gasteiger partial charge in [-0.15, -0.1) is 0 Å². The van der Waals surface area contributed by atoms with Crippen LogP contribution in [0.15, 0.2) is 48.5 Å². The smallest absolute Gasteiger partial charge is 0.407 e. The Labute approximate surface area is 194 Å². The van der Waals surface area contributed by atoms with Gasteiger partial charge >= 0.3 is 12.1 Å². The fourth-order valence-electron chi connectivity index (χ4n) is 4.10. The first-order valence-electron chi connectivity index (χ1n) is 11.2. The molecule has 2 atom stereocenters. The van der Waals surface area contributed by atoms with Gasteiger partial charge in [0.1, 0.15) is 12.6 Å². The summed E-state index contributed by atoms with van der Waals surface area (Å²) < 4.78 is 5.48. The Morgan fingerprint density at radius 3 is 2.06 bits per heavy atom. The Balaban J connectivity index is 1.52. The van der Waals surface area contributed by atoms with E-state index in [1.54, 1.807) is 6.92 Å². The summed E-state index contributed by atoms with van der Waals surface area (Å²) in [4.78, 5) is 36.2. The first kappa shape index (κ1) is 24.3. The number of carboxylic acids is 1. The molecule has 0 fully saturated rings. The number of hydrogen-bond acceptors (Lipinski definition) is 4. The second-order valence-electron chi connectivity index (χ2n) is 9.77. The molecule has 176 valence electrons. The number of nitrogens with one attached hydrogen (secondary N) is 2. The van der Waals surface area contributed by atoms with Crippen LogP contribution >= 0.6 is 0 Å². The molecule has 0 bridgehead atoms. The number of amides is 2. The summed E-state index contributed by atoms with van der Waals surface area (Å²) in [5, 5.41) is 14.6. The molecular formula is C26H32N2O5. The third kappa shape index (κ3) is 6.12. The lowest BCUT2D eigenvalue weighted by atomic mass is 9.88. The third-order valence-corrected chi connectivity index (χ3v) is 5.77. The first-order chi connectivity index (χ1) is 15.6. The second-order valence-corrected chi connectivity index (χ2v) is 9.77. The molecule has 3 rings (SSSR count). The number of carbonyl (C=O) groups is 3. The minimum Gasteiger partial charge on any atom is -0.480 e. The molecule has 2 unspecified atom stereocenters. The van der Waals surface area contributed by atoms with E-state index < -0.39 is 29.9 Å². The zero-order valence-corrected chi connectivity index (χ0v) is 19.6. The zero-order valence-electron chi connectivity index (χ0n) is 19.6. The van der Waals surface area contributed by atoms with E-state index in [2.05, 4.69) is 22.8 Å². The summed E-state index contributed by atoms with van der Waals surface area (Å²) in [5.74, 6) is -2.15. The van der Waals surface area contributed by atoms with Crippen LogP contribution in [0.4, 0.5) is 4.79 Å². The van der Waals surface area contributed by atoms with Crippen molar-refractivity contribution >= 4 is 18.0 Å². The Hall–Kier alpha value is -3.35. The van der Waals surface area contributed by atoms with Gasteiger partial charge in [0, 0.05) is 12.5 Å². The quantitative estimate of drug-likeness (QED) is 0.558. The largest absolute Gasteiger partial charge is 0.480 e. The van der Waals surface area contributed by atoms with E-state index in [4.69, 9.17) is 4.74 Å². The molecule has 0 spiro atoms. The summed E-state index contributed by atoms with van der Waals surface area (Å²) in [6, 6.07) is 15.2. The fraction of sp³-hybridized carbons (Fsp3) is 0.423. The van der Waals surface area contributed by atoms with Crippen LogP contribution in [0.5, 0.6) is 0 Å². The van der Waals surface area contributed by atoms with Crippen LogP contribution in [0.1, 0.15) is 51.2 Å². The van der Waals surface area contributed by atoms with Crippen LogP contribution < -0.4 is 10.6 Å². The van der Waals surface area contributed by atoms with Gasteiger partial charge in [0.25, 0.3) is 0 Å². The van der Waals surface area contributed by atoms with E-state index in [-0.39, 0.29) is 24.5 Å². The van der Waals surface area contributed by atoms with Gasteiger partial charge < -0.3 is 20.5 Å².